The zero-order chi connectivity index (χ0) is 27.7. The Morgan fingerprint density at radius 2 is 1.82 bits per heavy atom. The van der Waals surface area contributed by atoms with Crippen LogP contribution in [-0.2, 0) is 4.79 Å². The molecule has 2 heterocycles. The second-order valence-corrected chi connectivity index (χ2v) is 9.27. The van der Waals surface area contributed by atoms with Gasteiger partial charge in [-0.2, -0.15) is 9.78 Å². The lowest BCUT2D eigenvalue weighted by Gasteiger charge is -2.15. The number of aliphatic carboxylic acids is 1. The van der Waals surface area contributed by atoms with Crippen LogP contribution in [0.15, 0.2) is 79.4 Å². The molecule has 0 aliphatic rings. The molecule has 0 spiro atoms. The third-order valence-corrected chi connectivity index (χ3v) is 6.65. The number of fused-ring (bicyclic) bond motifs is 2. The summed E-state index contributed by atoms with van der Waals surface area (Å²) in [6.45, 7) is 1.42. The van der Waals surface area contributed by atoms with Crippen LogP contribution in [0.5, 0.6) is 17.2 Å². The number of rotatable bonds is 8. The van der Waals surface area contributed by atoms with Crippen LogP contribution in [0.3, 0.4) is 0 Å². The summed E-state index contributed by atoms with van der Waals surface area (Å²) in [5, 5.41) is 14.8. The van der Waals surface area contributed by atoms with Crippen molar-refractivity contribution in [2.45, 2.75) is 13.0 Å². The zero-order valence-electron chi connectivity index (χ0n) is 21.0. The van der Waals surface area contributed by atoms with Crippen molar-refractivity contribution in [2.24, 2.45) is 5.10 Å². The number of hydrogen-bond acceptors (Lipinski definition) is 8. The van der Waals surface area contributed by atoms with Crippen molar-refractivity contribution in [3.05, 3.63) is 81.1 Å². The van der Waals surface area contributed by atoms with Gasteiger partial charge >= 0.3 is 5.97 Å². The maximum absolute atomic E-state index is 13.6. The van der Waals surface area contributed by atoms with Gasteiger partial charge in [-0.1, -0.05) is 18.2 Å². The minimum absolute atomic E-state index is 0.200. The van der Waals surface area contributed by atoms with Crippen LogP contribution in [-0.4, -0.2) is 47.3 Å². The monoisotopic (exact) mass is 591 g/mol. The number of hydrogen-bond donors (Lipinski definition) is 1. The summed E-state index contributed by atoms with van der Waals surface area (Å²) in [4.78, 5) is 29.5. The number of carboxylic acids is 1. The molecule has 0 radical (unpaired) electrons. The number of aromatic nitrogens is 2. The van der Waals surface area contributed by atoms with E-state index >= 15 is 0 Å². The molecule has 3 aromatic carbocycles. The first-order valence-electron chi connectivity index (χ1n) is 11.7. The molecule has 198 valence electrons. The van der Waals surface area contributed by atoms with Gasteiger partial charge in [0.15, 0.2) is 23.4 Å². The fourth-order valence-electron chi connectivity index (χ4n) is 3.97. The van der Waals surface area contributed by atoms with Gasteiger partial charge in [0.2, 0.25) is 5.82 Å². The first-order valence-corrected chi connectivity index (χ1v) is 12.5. The number of carbonyl (C=O) groups is 1. The van der Waals surface area contributed by atoms with Gasteiger partial charge in [-0.3, -0.25) is 4.79 Å². The van der Waals surface area contributed by atoms with Crippen molar-refractivity contribution < 1.29 is 28.5 Å². The standard InChI is InChI=1S/C28H22BrN3O7/c1-15(28(34)35)38-24-13-19(29)16(11-23(24)37-3)14-30-32-26(31-20-8-5-4-7-17(20)27(32)33)25-12-18-21(36-2)9-6-10-22(18)39-25/h4-15H,1-3H3,(H,34,35)/t15-/m0/s1. The van der Waals surface area contributed by atoms with Crippen LogP contribution < -0.4 is 19.8 Å². The highest BCUT2D eigenvalue weighted by molar-refractivity contribution is 9.10. The molecule has 5 aromatic rings. The number of halogens is 1. The molecule has 10 nitrogen and oxygen atoms in total. The van der Waals surface area contributed by atoms with Gasteiger partial charge < -0.3 is 23.7 Å². The van der Waals surface area contributed by atoms with Crippen molar-refractivity contribution in [1.82, 2.24) is 9.66 Å². The molecule has 0 aliphatic heterocycles. The summed E-state index contributed by atoms with van der Waals surface area (Å²) in [5.41, 5.74) is 1.21. The van der Waals surface area contributed by atoms with Crippen molar-refractivity contribution in [1.29, 1.82) is 0 Å². The van der Waals surface area contributed by atoms with Crippen LogP contribution in [0.1, 0.15) is 12.5 Å². The normalized spacial score (nSPS) is 12.2. The van der Waals surface area contributed by atoms with E-state index in [1.54, 1.807) is 55.6 Å². The lowest BCUT2D eigenvalue weighted by molar-refractivity contribution is -0.144. The average molecular weight is 592 g/mol. The largest absolute Gasteiger partial charge is 0.496 e. The van der Waals surface area contributed by atoms with Crippen LogP contribution in [0.2, 0.25) is 0 Å². The van der Waals surface area contributed by atoms with E-state index in [0.717, 1.165) is 5.39 Å². The molecule has 0 unspecified atom stereocenters. The Morgan fingerprint density at radius 1 is 1.05 bits per heavy atom. The highest BCUT2D eigenvalue weighted by Gasteiger charge is 2.19. The number of methoxy groups -OCH3 is 2. The lowest BCUT2D eigenvalue weighted by Crippen LogP contribution is -2.23. The van der Waals surface area contributed by atoms with Gasteiger partial charge in [0, 0.05) is 10.0 Å². The van der Waals surface area contributed by atoms with Gasteiger partial charge in [0.05, 0.1) is 36.7 Å². The Bertz CT molecular complexity index is 1810. The van der Waals surface area contributed by atoms with Crippen molar-refractivity contribution in [3.8, 4) is 28.8 Å². The number of furan rings is 1. The molecule has 2 aromatic heterocycles. The topological polar surface area (TPSA) is 125 Å². The van der Waals surface area contributed by atoms with Crippen LogP contribution in [0.4, 0.5) is 0 Å². The van der Waals surface area contributed by atoms with Crippen LogP contribution in [0.25, 0.3) is 33.5 Å². The van der Waals surface area contributed by atoms with E-state index in [-0.39, 0.29) is 11.6 Å². The third-order valence-electron chi connectivity index (χ3n) is 5.96. The SMILES string of the molecule is COc1cc(C=Nn2c(-c3cc4c(OC)cccc4o3)nc3ccccc3c2=O)c(Br)cc1O[C@@H](C)C(=O)O. The van der Waals surface area contributed by atoms with E-state index in [0.29, 0.717) is 43.8 Å². The Labute approximate surface area is 230 Å². The summed E-state index contributed by atoms with van der Waals surface area (Å²) in [5.74, 6) is 0.567. The molecule has 11 heteroatoms. The first-order chi connectivity index (χ1) is 18.8. The molecule has 1 N–H and O–H groups in total. The van der Waals surface area contributed by atoms with Crippen LogP contribution >= 0.6 is 15.9 Å². The predicted octanol–water partition coefficient (Wildman–Crippen LogP) is 5.32. The Morgan fingerprint density at radius 3 is 2.56 bits per heavy atom. The molecule has 0 aliphatic carbocycles. The molecule has 0 amide bonds. The number of ether oxygens (including phenoxy) is 3. The number of benzene rings is 3. The van der Waals surface area contributed by atoms with Gasteiger partial charge in [-0.25, -0.2) is 9.78 Å². The lowest BCUT2D eigenvalue weighted by atomic mass is 10.2. The summed E-state index contributed by atoms with van der Waals surface area (Å²) in [6.07, 6.45) is 0.374. The Kier molecular flexibility index (Phi) is 7.07. The van der Waals surface area contributed by atoms with E-state index in [2.05, 4.69) is 21.0 Å². The molecular formula is C28H22BrN3O7. The van der Waals surface area contributed by atoms with Gasteiger partial charge in [0.1, 0.15) is 11.3 Å². The molecular weight excluding hydrogens is 570 g/mol. The van der Waals surface area contributed by atoms with Gasteiger partial charge in [0.25, 0.3) is 5.56 Å². The minimum Gasteiger partial charge on any atom is -0.496 e. The van der Waals surface area contributed by atoms with Crippen molar-refractivity contribution in [2.75, 3.05) is 14.2 Å². The molecule has 1 atom stereocenters. The number of para-hydroxylation sites is 1. The molecule has 5 rings (SSSR count). The van der Waals surface area contributed by atoms with E-state index < -0.39 is 17.6 Å². The zero-order valence-corrected chi connectivity index (χ0v) is 22.6. The van der Waals surface area contributed by atoms with Gasteiger partial charge in [-0.15, -0.1) is 0 Å². The molecule has 0 fully saturated rings. The first kappa shape index (κ1) is 26.0. The quantitative estimate of drug-likeness (QED) is 0.240. The Balaban J connectivity index is 1.65. The smallest absolute Gasteiger partial charge is 0.344 e. The van der Waals surface area contributed by atoms with E-state index in [1.165, 1.54) is 24.9 Å². The Hall–Kier alpha value is -4.64. The fourth-order valence-corrected chi connectivity index (χ4v) is 4.40. The average Bonchev–Trinajstić information content (AvgIpc) is 3.37. The minimum atomic E-state index is -1.11. The van der Waals surface area contributed by atoms with Crippen molar-refractivity contribution in [3.63, 3.8) is 0 Å². The summed E-state index contributed by atoms with van der Waals surface area (Å²) >= 11 is 3.46. The maximum Gasteiger partial charge on any atom is 0.344 e. The van der Waals surface area contributed by atoms with E-state index in [1.807, 2.05) is 12.1 Å². The number of nitrogens with zero attached hydrogens (tertiary/aromatic N) is 3. The highest BCUT2D eigenvalue weighted by Crippen LogP contribution is 2.35. The summed E-state index contributed by atoms with van der Waals surface area (Å²) in [7, 11) is 3.01. The van der Waals surface area contributed by atoms with E-state index in [4.69, 9.17) is 23.6 Å². The van der Waals surface area contributed by atoms with Gasteiger partial charge in [-0.05, 0) is 65.3 Å². The maximum atomic E-state index is 13.6. The highest BCUT2D eigenvalue weighted by atomic mass is 79.9. The second kappa shape index (κ2) is 10.6. The summed E-state index contributed by atoms with van der Waals surface area (Å²) in [6, 6.07) is 17.3. The molecule has 39 heavy (non-hydrogen) atoms. The fraction of sp³-hybridized carbons (Fsp3) is 0.143. The molecule has 0 saturated carbocycles. The predicted molar refractivity (Wildman–Crippen MR) is 149 cm³/mol. The third kappa shape index (κ3) is 4.96. The molecule has 0 saturated heterocycles. The second-order valence-electron chi connectivity index (χ2n) is 8.42. The van der Waals surface area contributed by atoms with Crippen LogP contribution in [0, 0.1) is 0 Å². The number of carboxylic acid groups (broad SMARTS) is 1. The molecule has 0 bridgehead atoms. The van der Waals surface area contributed by atoms with E-state index in [9.17, 15) is 14.7 Å². The summed E-state index contributed by atoms with van der Waals surface area (Å²) < 4.78 is 24.1. The van der Waals surface area contributed by atoms with Crippen molar-refractivity contribution >= 4 is 50.0 Å².